The first kappa shape index (κ1) is 17.4. The van der Waals surface area contributed by atoms with Crippen LogP contribution in [0.15, 0.2) is 44.4 Å². The van der Waals surface area contributed by atoms with Gasteiger partial charge in [0.1, 0.15) is 6.26 Å². The topological polar surface area (TPSA) is 82.9 Å². The highest BCUT2D eigenvalue weighted by atomic mass is 32.1. The quantitative estimate of drug-likeness (QED) is 0.855. The lowest BCUT2D eigenvalue weighted by molar-refractivity contribution is 0.0635. The number of carbonyl (C=O) groups is 2. The van der Waals surface area contributed by atoms with Crippen molar-refractivity contribution in [2.75, 3.05) is 39.3 Å². The van der Waals surface area contributed by atoms with E-state index >= 15 is 0 Å². The van der Waals surface area contributed by atoms with Gasteiger partial charge in [-0.3, -0.25) is 14.5 Å². The average molecular weight is 361 g/mol. The number of rotatable bonds is 5. The molecule has 132 valence electrons. The molecule has 8 heteroatoms. The molecule has 1 N–H and O–H groups in total. The summed E-state index contributed by atoms with van der Waals surface area (Å²) in [7, 11) is 0. The Morgan fingerprint density at radius 2 is 1.92 bits per heavy atom. The third-order valence-corrected chi connectivity index (χ3v) is 4.79. The van der Waals surface area contributed by atoms with Crippen molar-refractivity contribution in [2.24, 2.45) is 0 Å². The van der Waals surface area contributed by atoms with Gasteiger partial charge in [-0.25, -0.2) is 4.79 Å². The van der Waals surface area contributed by atoms with Crippen LogP contribution in [0.1, 0.15) is 20.7 Å². The predicted octanol–water partition coefficient (Wildman–Crippen LogP) is 0.889. The van der Waals surface area contributed by atoms with Crippen molar-refractivity contribution in [3.8, 4) is 0 Å². The number of piperazine rings is 1. The fourth-order valence-corrected chi connectivity index (χ4v) is 3.30. The smallest absolute Gasteiger partial charge is 0.335 e. The molecule has 7 nitrogen and oxygen atoms in total. The standard InChI is InChI=1S/C17H19N3O4S/c21-15-2-1-13(11-24-15)17(23)20-8-6-19(7-9-20)5-4-18-16(22)14-3-10-25-12-14/h1-3,10-12H,4-9H2,(H,18,22). The molecule has 0 spiro atoms. The van der Waals surface area contributed by atoms with Gasteiger partial charge in [0.15, 0.2) is 0 Å². The zero-order chi connectivity index (χ0) is 17.6. The highest BCUT2D eigenvalue weighted by Gasteiger charge is 2.22. The van der Waals surface area contributed by atoms with E-state index in [0.29, 0.717) is 30.8 Å². The minimum Gasteiger partial charge on any atom is -0.430 e. The molecule has 0 radical (unpaired) electrons. The predicted molar refractivity (Wildman–Crippen MR) is 94.0 cm³/mol. The molecule has 0 saturated carbocycles. The number of hydrogen-bond acceptors (Lipinski definition) is 6. The molecule has 0 atom stereocenters. The lowest BCUT2D eigenvalue weighted by atomic mass is 10.2. The molecule has 3 heterocycles. The molecule has 2 aromatic rings. The van der Waals surface area contributed by atoms with Crippen LogP contribution >= 0.6 is 11.3 Å². The van der Waals surface area contributed by atoms with Crippen molar-refractivity contribution in [1.29, 1.82) is 0 Å². The first-order valence-corrected chi connectivity index (χ1v) is 8.98. The second kappa shape index (κ2) is 8.09. The first-order valence-electron chi connectivity index (χ1n) is 8.04. The van der Waals surface area contributed by atoms with Crippen LogP contribution in [-0.2, 0) is 0 Å². The molecule has 3 rings (SSSR count). The summed E-state index contributed by atoms with van der Waals surface area (Å²) in [6.07, 6.45) is 1.21. The number of nitrogens with zero attached hydrogens (tertiary/aromatic N) is 2. The lowest BCUT2D eigenvalue weighted by Crippen LogP contribution is -2.50. The van der Waals surface area contributed by atoms with Gasteiger partial charge in [-0.1, -0.05) is 0 Å². The van der Waals surface area contributed by atoms with Crippen molar-refractivity contribution in [2.45, 2.75) is 0 Å². The highest BCUT2D eigenvalue weighted by Crippen LogP contribution is 2.08. The molecule has 0 aromatic carbocycles. The molecule has 2 aromatic heterocycles. The summed E-state index contributed by atoms with van der Waals surface area (Å²) in [5.74, 6) is -0.185. The van der Waals surface area contributed by atoms with Gasteiger partial charge in [0.25, 0.3) is 11.8 Å². The SMILES string of the molecule is O=C(NCCN1CCN(C(=O)c2ccc(=O)oc2)CC1)c1ccsc1. The molecule has 2 amide bonds. The molecule has 0 aliphatic carbocycles. The Morgan fingerprint density at radius 3 is 2.56 bits per heavy atom. The summed E-state index contributed by atoms with van der Waals surface area (Å²) < 4.78 is 4.74. The third-order valence-electron chi connectivity index (χ3n) is 4.10. The molecule has 1 fully saturated rings. The van der Waals surface area contributed by atoms with Gasteiger partial charge < -0.3 is 14.6 Å². The zero-order valence-corrected chi connectivity index (χ0v) is 14.5. The lowest BCUT2D eigenvalue weighted by Gasteiger charge is -2.34. The van der Waals surface area contributed by atoms with Crippen molar-refractivity contribution in [1.82, 2.24) is 15.1 Å². The van der Waals surface area contributed by atoms with Gasteiger partial charge in [-0.2, -0.15) is 11.3 Å². The molecule has 1 saturated heterocycles. The summed E-state index contributed by atoms with van der Waals surface area (Å²) in [6.45, 7) is 4.03. The minimum absolute atomic E-state index is 0.0550. The summed E-state index contributed by atoms with van der Waals surface area (Å²) in [4.78, 5) is 39.1. The second-order valence-electron chi connectivity index (χ2n) is 5.75. The van der Waals surface area contributed by atoms with Crippen LogP contribution in [0.25, 0.3) is 0 Å². The monoisotopic (exact) mass is 361 g/mol. The molecule has 1 aliphatic heterocycles. The van der Waals surface area contributed by atoms with Crippen molar-refractivity contribution in [3.05, 3.63) is 56.8 Å². The fourth-order valence-electron chi connectivity index (χ4n) is 2.66. The molecule has 0 unspecified atom stereocenters. The molecular weight excluding hydrogens is 342 g/mol. The van der Waals surface area contributed by atoms with E-state index in [1.807, 2.05) is 10.8 Å². The first-order chi connectivity index (χ1) is 12.1. The normalized spacial score (nSPS) is 15.1. The summed E-state index contributed by atoms with van der Waals surface area (Å²) in [5.41, 5.74) is 0.608. The van der Waals surface area contributed by atoms with E-state index in [-0.39, 0.29) is 11.8 Å². The van der Waals surface area contributed by atoms with Gasteiger partial charge in [0.05, 0.1) is 5.56 Å². The van der Waals surface area contributed by atoms with Crippen molar-refractivity contribution >= 4 is 23.2 Å². The van der Waals surface area contributed by atoms with E-state index in [4.69, 9.17) is 4.42 Å². The van der Waals surface area contributed by atoms with E-state index in [9.17, 15) is 14.4 Å². The van der Waals surface area contributed by atoms with Crippen LogP contribution in [0.3, 0.4) is 0 Å². The number of nitrogens with one attached hydrogen (secondary N) is 1. The second-order valence-corrected chi connectivity index (χ2v) is 6.53. The maximum absolute atomic E-state index is 12.3. The number of carbonyl (C=O) groups excluding carboxylic acids is 2. The van der Waals surface area contributed by atoms with Gasteiger partial charge in [-0.05, 0) is 17.5 Å². The Balaban J connectivity index is 1.41. The van der Waals surface area contributed by atoms with Crippen LogP contribution in [0, 0.1) is 0 Å². The van der Waals surface area contributed by atoms with Crippen molar-refractivity contribution < 1.29 is 14.0 Å². The van der Waals surface area contributed by atoms with E-state index in [0.717, 1.165) is 19.6 Å². The van der Waals surface area contributed by atoms with E-state index in [1.165, 1.54) is 29.7 Å². The van der Waals surface area contributed by atoms with Crippen LogP contribution in [0.2, 0.25) is 0 Å². The maximum Gasteiger partial charge on any atom is 0.335 e. The Labute approximate surface area is 148 Å². The maximum atomic E-state index is 12.3. The average Bonchev–Trinajstić information content (AvgIpc) is 3.17. The van der Waals surface area contributed by atoms with Gasteiger partial charge in [0.2, 0.25) is 0 Å². The largest absolute Gasteiger partial charge is 0.430 e. The van der Waals surface area contributed by atoms with Crippen LogP contribution in [0.4, 0.5) is 0 Å². The Hall–Kier alpha value is -2.45. The van der Waals surface area contributed by atoms with E-state index < -0.39 is 5.63 Å². The summed E-state index contributed by atoms with van der Waals surface area (Å²) in [6, 6.07) is 4.54. The number of amides is 2. The zero-order valence-electron chi connectivity index (χ0n) is 13.6. The minimum atomic E-state index is -0.467. The molecule has 0 bridgehead atoms. The van der Waals surface area contributed by atoms with Gasteiger partial charge in [0, 0.05) is 56.3 Å². The number of thiophene rings is 1. The van der Waals surface area contributed by atoms with Gasteiger partial charge in [-0.15, -0.1) is 0 Å². The molecular formula is C17H19N3O4S. The van der Waals surface area contributed by atoms with Crippen LogP contribution in [0.5, 0.6) is 0 Å². The summed E-state index contributed by atoms with van der Waals surface area (Å²) >= 11 is 1.50. The molecule has 1 aliphatic rings. The Morgan fingerprint density at radius 1 is 1.12 bits per heavy atom. The Kier molecular flexibility index (Phi) is 5.62. The third kappa shape index (κ3) is 4.55. The Bertz CT molecular complexity index is 759. The number of hydrogen-bond donors (Lipinski definition) is 1. The van der Waals surface area contributed by atoms with E-state index in [2.05, 4.69) is 10.2 Å². The van der Waals surface area contributed by atoms with Crippen molar-refractivity contribution in [3.63, 3.8) is 0 Å². The molecule has 25 heavy (non-hydrogen) atoms. The van der Waals surface area contributed by atoms with Gasteiger partial charge >= 0.3 is 5.63 Å². The fraction of sp³-hybridized carbons (Fsp3) is 0.353. The van der Waals surface area contributed by atoms with E-state index in [1.54, 1.807) is 11.0 Å². The highest BCUT2D eigenvalue weighted by molar-refractivity contribution is 7.08. The summed E-state index contributed by atoms with van der Waals surface area (Å²) in [5, 5.41) is 6.60. The van der Waals surface area contributed by atoms with Crippen LogP contribution < -0.4 is 10.9 Å². The van der Waals surface area contributed by atoms with Crippen LogP contribution in [-0.4, -0.2) is 60.9 Å².